The summed E-state index contributed by atoms with van der Waals surface area (Å²) < 4.78 is 5.13. The Morgan fingerprint density at radius 3 is 2.77 bits per heavy atom. The minimum atomic E-state index is -0.435. The molecule has 74 valence electrons. The van der Waals surface area contributed by atoms with Crippen molar-refractivity contribution in [3.63, 3.8) is 0 Å². The number of hydrogen-bond acceptors (Lipinski definition) is 3. The molecule has 0 saturated carbocycles. The zero-order chi connectivity index (χ0) is 9.68. The molecule has 1 amide bonds. The third kappa shape index (κ3) is 2.82. The van der Waals surface area contributed by atoms with Crippen molar-refractivity contribution in [2.75, 3.05) is 26.3 Å². The van der Waals surface area contributed by atoms with Gasteiger partial charge in [-0.25, -0.2) is 0 Å². The van der Waals surface area contributed by atoms with Gasteiger partial charge in [-0.1, -0.05) is 6.08 Å². The van der Waals surface area contributed by atoms with Gasteiger partial charge >= 0.3 is 0 Å². The molecule has 13 heavy (non-hydrogen) atoms. The van der Waals surface area contributed by atoms with Crippen molar-refractivity contribution in [1.82, 2.24) is 4.90 Å². The molecule has 4 heteroatoms. The van der Waals surface area contributed by atoms with Crippen LogP contribution in [0.4, 0.5) is 0 Å². The molecular weight excluding hydrogens is 168 g/mol. The maximum atomic E-state index is 11.6. The van der Waals surface area contributed by atoms with Crippen LogP contribution >= 0.6 is 0 Å². The molecule has 1 rings (SSSR count). The third-order valence-electron chi connectivity index (χ3n) is 2.06. The fraction of sp³-hybridized carbons (Fsp3) is 0.667. The van der Waals surface area contributed by atoms with Gasteiger partial charge in [-0.15, -0.1) is 6.58 Å². The second-order valence-corrected chi connectivity index (χ2v) is 3.07. The number of hydrogen-bond donors (Lipinski definition) is 1. The number of carbonyl (C=O) groups excluding carboxylic acids is 1. The summed E-state index contributed by atoms with van der Waals surface area (Å²) in [5.74, 6) is 0.00296. The van der Waals surface area contributed by atoms with Crippen LogP contribution in [0.5, 0.6) is 0 Å². The molecular formula is C9H16N2O2. The summed E-state index contributed by atoms with van der Waals surface area (Å²) in [7, 11) is 0. The Morgan fingerprint density at radius 2 is 2.23 bits per heavy atom. The van der Waals surface area contributed by atoms with Crippen LogP contribution in [0.2, 0.25) is 0 Å². The van der Waals surface area contributed by atoms with Crippen molar-refractivity contribution < 1.29 is 9.53 Å². The number of nitrogens with zero attached hydrogens (tertiary/aromatic N) is 1. The molecule has 4 nitrogen and oxygen atoms in total. The van der Waals surface area contributed by atoms with Crippen molar-refractivity contribution in [3.8, 4) is 0 Å². The van der Waals surface area contributed by atoms with E-state index >= 15 is 0 Å². The first kappa shape index (κ1) is 10.2. The number of morpholine rings is 1. The molecule has 2 N–H and O–H groups in total. The number of carbonyl (C=O) groups is 1. The van der Waals surface area contributed by atoms with Gasteiger partial charge in [-0.3, -0.25) is 4.79 Å². The second kappa shape index (κ2) is 4.99. The van der Waals surface area contributed by atoms with Gasteiger partial charge in [-0.05, 0) is 6.42 Å². The number of ether oxygens (including phenoxy) is 1. The zero-order valence-corrected chi connectivity index (χ0v) is 7.74. The van der Waals surface area contributed by atoms with E-state index in [0.717, 1.165) is 0 Å². The summed E-state index contributed by atoms with van der Waals surface area (Å²) in [5, 5.41) is 0. The fourth-order valence-corrected chi connectivity index (χ4v) is 1.30. The summed E-state index contributed by atoms with van der Waals surface area (Å²) >= 11 is 0. The first-order chi connectivity index (χ1) is 6.25. The molecule has 1 heterocycles. The van der Waals surface area contributed by atoms with E-state index in [0.29, 0.717) is 32.7 Å². The monoisotopic (exact) mass is 184 g/mol. The molecule has 1 unspecified atom stereocenters. The molecule has 0 aromatic carbocycles. The normalized spacial score (nSPS) is 19.6. The first-order valence-corrected chi connectivity index (χ1v) is 4.48. The molecule has 1 saturated heterocycles. The van der Waals surface area contributed by atoms with E-state index in [2.05, 4.69) is 6.58 Å². The Hall–Kier alpha value is -0.870. The van der Waals surface area contributed by atoms with Gasteiger partial charge in [-0.2, -0.15) is 0 Å². The van der Waals surface area contributed by atoms with Crippen LogP contribution in [0.25, 0.3) is 0 Å². The van der Waals surface area contributed by atoms with Crippen molar-refractivity contribution in [2.45, 2.75) is 12.5 Å². The van der Waals surface area contributed by atoms with Crippen LogP contribution < -0.4 is 5.73 Å². The predicted octanol–water partition coefficient (Wildman–Crippen LogP) is -0.251. The molecule has 1 fully saturated rings. The van der Waals surface area contributed by atoms with Crippen molar-refractivity contribution in [3.05, 3.63) is 12.7 Å². The van der Waals surface area contributed by atoms with Crippen LogP contribution in [0.15, 0.2) is 12.7 Å². The Morgan fingerprint density at radius 1 is 1.62 bits per heavy atom. The van der Waals surface area contributed by atoms with Gasteiger partial charge in [0, 0.05) is 13.1 Å². The van der Waals surface area contributed by atoms with E-state index in [1.807, 2.05) is 0 Å². The van der Waals surface area contributed by atoms with Crippen LogP contribution in [-0.4, -0.2) is 43.2 Å². The van der Waals surface area contributed by atoms with E-state index < -0.39 is 6.04 Å². The third-order valence-corrected chi connectivity index (χ3v) is 2.06. The van der Waals surface area contributed by atoms with Crippen molar-refractivity contribution >= 4 is 5.91 Å². The van der Waals surface area contributed by atoms with Crippen LogP contribution in [0.1, 0.15) is 6.42 Å². The quantitative estimate of drug-likeness (QED) is 0.615. The average molecular weight is 184 g/mol. The predicted molar refractivity (Wildman–Crippen MR) is 50.2 cm³/mol. The van der Waals surface area contributed by atoms with Gasteiger partial charge in [0.15, 0.2) is 0 Å². The van der Waals surface area contributed by atoms with E-state index in [1.165, 1.54) is 0 Å². The number of nitrogens with two attached hydrogens (primary N) is 1. The number of rotatable bonds is 3. The highest BCUT2D eigenvalue weighted by molar-refractivity contribution is 5.81. The largest absolute Gasteiger partial charge is 0.378 e. The smallest absolute Gasteiger partial charge is 0.239 e. The Labute approximate surface area is 78.3 Å². The molecule has 0 spiro atoms. The maximum Gasteiger partial charge on any atom is 0.239 e. The fourth-order valence-electron chi connectivity index (χ4n) is 1.30. The van der Waals surface area contributed by atoms with Gasteiger partial charge in [0.05, 0.1) is 19.3 Å². The van der Waals surface area contributed by atoms with E-state index in [1.54, 1.807) is 11.0 Å². The lowest BCUT2D eigenvalue weighted by Crippen LogP contribution is -2.48. The summed E-state index contributed by atoms with van der Waals surface area (Å²) in [6, 6.07) is -0.435. The summed E-state index contributed by atoms with van der Waals surface area (Å²) in [6.45, 7) is 6.10. The second-order valence-electron chi connectivity index (χ2n) is 3.07. The molecule has 0 radical (unpaired) electrons. The lowest BCUT2D eigenvalue weighted by atomic mass is 10.2. The Kier molecular flexibility index (Phi) is 3.92. The van der Waals surface area contributed by atoms with Crippen LogP contribution in [0.3, 0.4) is 0 Å². The summed E-state index contributed by atoms with van der Waals surface area (Å²) in [5.41, 5.74) is 5.66. The first-order valence-electron chi connectivity index (χ1n) is 4.48. The van der Waals surface area contributed by atoms with Gasteiger partial charge in [0.1, 0.15) is 0 Å². The van der Waals surface area contributed by atoms with Crippen LogP contribution in [-0.2, 0) is 9.53 Å². The average Bonchev–Trinajstić information content (AvgIpc) is 2.18. The minimum absolute atomic E-state index is 0.00296. The SMILES string of the molecule is C=CCC(N)C(=O)N1CCOCC1. The molecule has 1 atom stereocenters. The highest BCUT2D eigenvalue weighted by Gasteiger charge is 2.21. The molecule has 1 aliphatic heterocycles. The Balaban J connectivity index is 2.40. The highest BCUT2D eigenvalue weighted by atomic mass is 16.5. The summed E-state index contributed by atoms with van der Waals surface area (Å²) in [6.07, 6.45) is 2.21. The standard InChI is InChI=1S/C9H16N2O2/c1-2-3-8(10)9(12)11-4-6-13-7-5-11/h2,8H,1,3-7,10H2. The highest BCUT2D eigenvalue weighted by Crippen LogP contribution is 2.01. The molecule has 1 aliphatic rings. The lowest BCUT2D eigenvalue weighted by molar-refractivity contribution is -0.136. The van der Waals surface area contributed by atoms with Gasteiger partial charge in [0.2, 0.25) is 5.91 Å². The van der Waals surface area contributed by atoms with Crippen molar-refractivity contribution in [2.24, 2.45) is 5.73 Å². The van der Waals surface area contributed by atoms with Crippen molar-refractivity contribution in [1.29, 1.82) is 0 Å². The van der Waals surface area contributed by atoms with Gasteiger partial charge in [0.25, 0.3) is 0 Å². The molecule has 0 aromatic heterocycles. The zero-order valence-electron chi connectivity index (χ0n) is 7.74. The topological polar surface area (TPSA) is 55.6 Å². The Bertz CT molecular complexity index is 188. The lowest BCUT2D eigenvalue weighted by Gasteiger charge is -2.28. The van der Waals surface area contributed by atoms with E-state index in [9.17, 15) is 4.79 Å². The maximum absolute atomic E-state index is 11.6. The van der Waals surface area contributed by atoms with Gasteiger partial charge < -0.3 is 15.4 Å². The molecule has 0 aliphatic carbocycles. The number of amides is 1. The van der Waals surface area contributed by atoms with Crippen LogP contribution in [0, 0.1) is 0 Å². The molecule has 0 aromatic rings. The van der Waals surface area contributed by atoms with E-state index in [4.69, 9.17) is 10.5 Å². The summed E-state index contributed by atoms with van der Waals surface area (Å²) in [4.78, 5) is 13.3. The van der Waals surface area contributed by atoms with E-state index in [-0.39, 0.29) is 5.91 Å². The minimum Gasteiger partial charge on any atom is -0.378 e. The molecule has 0 bridgehead atoms.